The molecule has 2 rings (SSSR count). The fourth-order valence-corrected chi connectivity index (χ4v) is 1.86. The molecule has 0 aliphatic heterocycles. The van der Waals surface area contributed by atoms with E-state index in [1.54, 1.807) is 5.38 Å². The number of rotatable bonds is 3. The molecule has 4 nitrogen and oxygen atoms in total. The third-order valence-corrected chi connectivity index (χ3v) is 2.97. The van der Waals surface area contributed by atoms with Crippen LogP contribution in [-0.2, 0) is 6.18 Å². The van der Waals surface area contributed by atoms with E-state index in [4.69, 9.17) is 5.73 Å². The van der Waals surface area contributed by atoms with Crippen molar-refractivity contribution < 1.29 is 17.6 Å². The highest BCUT2D eigenvalue weighted by Crippen LogP contribution is 2.30. The average Bonchev–Trinajstić information content (AvgIpc) is 2.76. The molecular weight excluding hydrogens is 296 g/mol. The Bertz CT molecular complexity index is 636. The molecule has 9 heteroatoms. The minimum absolute atomic E-state index is 0.281. The quantitative estimate of drug-likeness (QED) is 0.519. The molecule has 20 heavy (non-hydrogen) atoms. The summed E-state index contributed by atoms with van der Waals surface area (Å²) in [5.41, 5.74) is 6.60. The normalized spacial score (nSPS) is 12.0. The Morgan fingerprint density at radius 3 is 2.70 bits per heavy atom. The minimum atomic E-state index is -4.53. The van der Waals surface area contributed by atoms with Gasteiger partial charge in [-0.15, -0.1) is 11.3 Å². The largest absolute Gasteiger partial charge is 0.416 e. The van der Waals surface area contributed by atoms with Gasteiger partial charge in [-0.1, -0.05) is 0 Å². The van der Waals surface area contributed by atoms with Crippen molar-refractivity contribution in [3.63, 3.8) is 0 Å². The van der Waals surface area contributed by atoms with Crippen molar-refractivity contribution in [2.75, 3.05) is 11.2 Å². The van der Waals surface area contributed by atoms with Gasteiger partial charge in [0, 0.05) is 10.9 Å². The number of nitrogens with zero attached hydrogens (tertiary/aromatic N) is 2. The maximum atomic E-state index is 13.4. The van der Waals surface area contributed by atoms with Gasteiger partial charge in [0.15, 0.2) is 0 Å². The van der Waals surface area contributed by atoms with Gasteiger partial charge in [-0.05, 0) is 18.2 Å². The van der Waals surface area contributed by atoms with Crippen molar-refractivity contribution in [1.29, 1.82) is 0 Å². The van der Waals surface area contributed by atoms with Crippen LogP contribution in [0.2, 0.25) is 0 Å². The number of hydrogen-bond acceptors (Lipinski definition) is 5. The van der Waals surface area contributed by atoms with Gasteiger partial charge in [0.05, 0.1) is 11.8 Å². The molecule has 0 bridgehead atoms. The summed E-state index contributed by atoms with van der Waals surface area (Å²) in [7, 11) is 0. The van der Waals surface area contributed by atoms with Gasteiger partial charge in [0.2, 0.25) is 5.13 Å². The number of halogens is 4. The summed E-state index contributed by atoms with van der Waals surface area (Å²) < 4.78 is 50.8. The zero-order valence-corrected chi connectivity index (χ0v) is 10.6. The summed E-state index contributed by atoms with van der Waals surface area (Å²) in [6.45, 7) is 0. The number of hydrazone groups is 1. The number of nitrogens with one attached hydrogen (secondary N) is 1. The highest BCUT2D eigenvalue weighted by Gasteiger charge is 2.30. The number of thiazole rings is 1. The monoisotopic (exact) mass is 304 g/mol. The van der Waals surface area contributed by atoms with Crippen LogP contribution in [0.25, 0.3) is 0 Å². The first kappa shape index (κ1) is 14.3. The smallest absolute Gasteiger partial charge is 0.383 e. The topological polar surface area (TPSA) is 63.3 Å². The third-order valence-electron chi connectivity index (χ3n) is 2.21. The van der Waals surface area contributed by atoms with E-state index >= 15 is 0 Å². The predicted octanol–water partition coefficient (Wildman–Crippen LogP) is 3.33. The van der Waals surface area contributed by atoms with Crippen molar-refractivity contribution in [1.82, 2.24) is 4.98 Å². The lowest BCUT2D eigenvalue weighted by Gasteiger charge is -2.07. The molecule has 0 fully saturated rings. The van der Waals surface area contributed by atoms with Crippen LogP contribution in [0.5, 0.6) is 0 Å². The Balaban J connectivity index is 2.16. The number of nitrogens with two attached hydrogens (primary N) is 1. The molecule has 1 aromatic carbocycles. The first-order chi connectivity index (χ1) is 9.36. The number of nitrogen functional groups attached to an aromatic ring is 1. The van der Waals surface area contributed by atoms with E-state index in [9.17, 15) is 17.6 Å². The van der Waals surface area contributed by atoms with Crippen LogP contribution >= 0.6 is 11.3 Å². The molecule has 0 unspecified atom stereocenters. The summed E-state index contributed by atoms with van der Waals surface area (Å²) in [5.74, 6) is -0.514. The van der Waals surface area contributed by atoms with Crippen LogP contribution < -0.4 is 11.2 Å². The second-order valence-corrected chi connectivity index (χ2v) is 4.54. The lowest BCUT2D eigenvalue weighted by molar-refractivity contribution is -0.137. The molecule has 0 atom stereocenters. The van der Waals surface area contributed by atoms with Gasteiger partial charge in [-0.2, -0.15) is 18.3 Å². The highest BCUT2D eigenvalue weighted by molar-refractivity contribution is 7.14. The van der Waals surface area contributed by atoms with Gasteiger partial charge in [0.1, 0.15) is 11.6 Å². The Kier molecular flexibility index (Phi) is 3.89. The van der Waals surface area contributed by atoms with Crippen LogP contribution in [0.15, 0.2) is 28.7 Å². The van der Waals surface area contributed by atoms with E-state index in [0.29, 0.717) is 17.3 Å². The number of anilines is 2. The molecule has 3 N–H and O–H groups in total. The molecule has 0 spiro atoms. The molecule has 0 saturated heterocycles. The van der Waals surface area contributed by atoms with E-state index in [-0.39, 0.29) is 11.4 Å². The zero-order valence-electron chi connectivity index (χ0n) is 9.78. The standard InChI is InChI=1S/C11H8F4N4S/c12-8-2-1-7(11(13,14)15)3-6(8)4-17-19-10-18-9(16)5-20-10/h1-5H,16H2,(H,18,19). The van der Waals surface area contributed by atoms with Gasteiger partial charge in [-0.25, -0.2) is 9.37 Å². The van der Waals surface area contributed by atoms with Crippen LogP contribution in [0.3, 0.4) is 0 Å². The van der Waals surface area contributed by atoms with E-state index in [1.807, 2.05) is 0 Å². The van der Waals surface area contributed by atoms with Crippen LogP contribution in [0.4, 0.5) is 28.5 Å². The molecule has 106 valence electrons. The third kappa shape index (κ3) is 3.44. The van der Waals surface area contributed by atoms with Crippen LogP contribution in [0.1, 0.15) is 11.1 Å². The van der Waals surface area contributed by atoms with E-state index in [1.165, 1.54) is 0 Å². The molecule has 0 amide bonds. The Morgan fingerprint density at radius 1 is 1.35 bits per heavy atom. The van der Waals surface area contributed by atoms with Crippen molar-refractivity contribution in [2.24, 2.45) is 5.10 Å². The maximum Gasteiger partial charge on any atom is 0.416 e. The number of hydrogen-bond donors (Lipinski definition) is 2. The van der Waals surface area contributed by atoms with Gasteiger partial charge in [0.25, 0.3) is 0 Å². The van der Waals surface area contributed by atoms with Crippen molar-refractivity contribution >= 4 is 28.5 Å². The lowest BCUT2D eigenvalue weighted by Crippen LogP contribution is -2.06. The SMILES string of the molecule is Nc1csc(NN=Cc2cc(C(F)(F)F)ccc2F)n1. The lowest BCUT2D eigenvalue weighted by atomic mass is 10.1. The molecule has 0 aliphatic rings. The molecule has 2 aromatic rings. The predicted molar refractivity (Wildman–Crippen MR) is 69.1 cm³/mol. The number of benzene rings is 1. The summed E-state index contributed by atoms with van der Waals surface area (Å²) in [6, 6.07) is 2.09. The fourth-order valence-electron chi connectivity index (χ4n) is 1.31. The molecule has 0 radical (unpaired) electrons. The second kappa shape index (κ2) is 5.45. The zero-order chi connectivity index (χ0) is 14.8. The Morgan fingerprint density at radius 2 is 2.10 bits per heavy atom. The van der Waals surface area contributed by atoms with Crippen molar-refractivity contribution in [3.05, 3.63) is 40.5 Å². The van der Waals surface area contributed by atoms with Gasteiger partial charge < -0.3 is 5.73 Å². The van der Waals surface area contributed by atoms with Crippen molar-refractivity contribution in [2.45, 2.75) is 6.18 Å². The molecule has 0 saturated carbocycles. The van der Waals surface area contributed by atoms with Gasteiger partial charge >= 0.3 is 6.18 Å². The average molecular weight is 304 g/mol. The first-order valence-electron chi connectivity index (χ1n) is 5.23. The molecule has 1 heterocycles. The maximum absolute atomic E-state index is 13.4. The van der Waals surface area contributed by atoms with E-state index < -0.39 is 17.6 Å². The molecule has 0 aliphatic carbocycles. The highest BCUT2D eigenvalue weighted by atomic mass is 32.1. The molecular formula is C11H8F4N4S. The fraction of sp³-hybridized carbons (Fsp3) is 0.0909. The first-order valence-corrected chi connectivity index (χ1v) is 6.11. The second-order valence-electron chi connectivity index (χ2n) is 3.68. The Labute approximate surface area is 114 Å². The van der Waals surface area contributed by atoms with Crippen molar-refractivity contribution in [3.8, 4) is 0 Å². The summed E-state index contributed by atoms with van der Waals surface area (Å²) in [5, 5.41) is 5.53. The van der Waals surface area contributed by atoms with E-state index in [2.05, 4.69) is 15.5 Å². The number of aromatic nitrogens is 1. The van der Waals surface area contributed by atoms with Gasteiger partial charge in [-0.3, -0.25) is 5.43 Å². The summed E-state index contributed by atoms with van der Waals surface area (Å²) in [4.78, 5) is 3.82. The Hall–Kier alpha value is -2.16. The number of alkyl halides is 3. The van der Waals surface area contributed by atoms with Crippen LogP contribution in [0, 0.1) is 5.82 Å². The molecule has 1 aromatic heterocycles. The van der Waals surface area contributed by atoms with Crippen LogP contribution in [-0.4, -0.2) is 11.2 Å². The summed E-state index contributed by atoms with van der Waals surface area (Å²) in [6.07, 6.45) is -3.59. The minimum Gasteiger partial charge on any atom is -0.383 e. The van der Waals surface area contributed by atoms with E-state index in [0.717, 1.165) is 23.6 Å². The summed E-state index contributed by atoms with van der Waals surface area (Å²) >= 11 is 1.16.